The fourth-order valence-corrected chi connectivity index (χ4v) is 2.61. The van der Waals surface area contributed by atoms with Crippen molar-refractivity contribution >= 4 is 0 Å². The van der Waals surface area contributed by atoms with Gasteiger partial charge >= 0.3 is 0 Å². The van der Waals surface area contributed by atoms with E-state index in [-0.39, 0.29) is 6.04 Å². The van der Waals surface area contributed by atoms with Gasteiger partial charge in [0.1, 0.15) is 0 Å². The molecule has 1 unspecified atom stereocenters. The molecule has 0 amide bonds. The molecule has 2 aromatic rings. The minimum absolute atomic E-state index is 0.198. The Balaban J connectivity index is 2.11. The molecule has 0 fully saturated rings. The van der Waals surface area contributed by atoms with E-state index >= 15 is 0 Å². The number of hydrogen-bond acceptors (Lipinski definition) is 2. The van der Waals surface area contributed by atoms with Crippen LogP contribution in [-0.2, 0) is 0 Å². The van der Waals surface area contributed by atoms with Gasteiger partial charge in [-0.15, -0.1) is 0 Å². The molecule has 0 radical (unpaired) electrons. The van der Waals surface area contributed by atoms with Crippen LogP contribution in [0.15, 0.2) is 36.8 Å². The molecule has 17 heavy (non-hydrogen) atoms. The molecular formula is C14H16N2O. The molecule has 3 heteroatoms. The van der Waals surface area contributed by atoms with E-state index in [9.17, 15) is 5.11 Å². The third-order valence-corrected chi connectivity index (χ3v) is 3.29. The molecule has 0 spiro atoms. The average Bonchev–Trinajstić information content (AvgIpc) is 2.81. The van der Waals surface area contributed by atoms with Crippen LogP contribution in [0.25, 0.3) is 11.3 Å². The first-order valence-corrected chi connectivity index (χ1v) is 5.90. The highest BCUT2D eigenvalue weighted by atomic mass is 16.3. The molecule has 0 saturated heterocycles. The van der Waals surface area contributed by atoms with Crippen molar-refractivity contribution in [2.75, 3.05) is 0 Å². The summed E-state index contributed by atoms with van der Waals surface area (Å²) in [6, 6.07) is 8.55. The number of aliphatic hydroxyl groups is 1. The Labute approximate surface area is 101 Å². The normalized spacial score (nSPS) is 17.9. The number of aromatic nitrogens is 2. The summed E-state index contributed by atoms with van der Waals surface area (Å²) in [6.45, 7) is 3.70. The second-order valence-electron chi connectivity index (χ2n) is 5.31. The van der Waals surface area contributed by atoms with Crippen molar-refractivity contribution in [3.8, 4) is 11.3 Å². The lowest BCUT2D eigenvalue weighted by molar-refractivity contribution is 0.0605. The van der Waals surface area contributed by atoms with Crippen LogP contribution in [0.4, 0.5) is 0 Å². The van der Waals surface area contributed by atoms with Crippen molar-refractivity contribution in [1.29, 1.82) is 0 Å². The highest BCUT2D eigenvalue weighted by molar-refractivity contribution is 5.68. The van der Waals surface area contributed by atoms with Crippen molar-refractivity contribution in [2.24, 2.45) is 0 Å². The first kappa shape index (κ1) is 10.5. The van der Waals surface area contributed by atoms with E-state index in [4.69, 9.17) is 0 Å². The minimum atomic E-state index is -0.677. The van der Waals surface area contributed by atoms with Crippen LogP contribution < -0.4 is 0 Å². The molecule has 1 N–H and O–H groups in total. The van der Waals surface area contributed by atoms with E-state index in [1.165, 1.54) is 11.1 Å². The number of hydrogen-bond donors (Lipinski definition) is 1. The summed E-state index contributed by atoms with van der Waals surface area (Å²) in [6.07, 6.45) is 4.45. The van der Waals surface area contributed by atoms with E-state index in [1.807, 2.05) is 32.4 Å². The smallest absolute Gasteiger partial charge is 0.0956 e. The van der Waals surface area contributed by atoms with Gasteiger partial charge in [0.25, 0.3) is 0 Å². The molecule has 1 aliphatic heterocycles. The quantitative estimate of drug-likeness (QED) is 0.858. The van der Waals surface area contributed by atoms with Gasteiger partial charge in [-0.1, -0.05) is 24.3 Å². The minimum Gasteiger partial charge on any atom is -0.390 e. The molecule has 1 aliphatic rings. The number of fused-ring (bicyclic) bond motifs is 3. The van der Waals surface area contributed by atoms with Gasteiger partial charge in [0.15, 0.2) is 0 Å². The molecule has 1 atom stereocenters. The monoisotopic (exact) mass is 228 g/mol. The summed E-state index contributed by atoms with van der Waals surface area (Å²) >= 11 is 0. The number of imidazole rings is 1. The first-order valence-electron chi connectivity index (χ1n) is 5.90. The maximum Gasteiger partial charge on any atom is 0.0956 e. The van der Waals surface area contributed by atoms with Gasteiger partial charge in [-0.2, -0.15) is 0 Å². The average molecular weight is 228 g/mol. The molecule has 0 saturated carbocycles. The Bertz CT molecular complexity index is 551. The largest absolute Gasteiger partial charge is 0.390 e. The van der Waals surface area contributed by atoms with Crippen LogP contribution in [0.3, 0.4) is 0 Å². The van der Waals surface area contributed by atoms with Gasteiger partial charge in [0, 0.05) is 12.0 Å². The van der Waals surface area contributed by atoms with Crippen molar-refractivity contribution in [1.82, 2.24) is 9.55 Å². The lowest BCUT2D eigenvalue weighted by Crippen LogP contribution is -2.24. The molecule has 1 aromatic heterocycles. The van der Waals surface area contributed by atoms with Crippen molar-refractivity contribution < 1.29 is 5.11 Å². The van der Waals surface area contributed by atoms with Crippen LogP contribution >= 0.6 is 0 Å². The van der Waals surface area contributed by atoms with E-state index < -0.39 is 5.60 Å². The Morgan fingerprint density at radius 1 is 1.35 bits per heavy atom. The van der Waals surface area contributed by atoms with Crippen LogP contribution in [0.1, 0.15) is 31.9 Å². The van der Waals surface area contributed by atoms with Gasteiger partial charge in [-0.05, 0) is 19.4 Å². The predicted octanol–water partition coefficient (Wildman–Crippen LogP) is 2.61. The second-order valence-corrected chi connectivity index (χ2v) is 5.31. The highest BCUT2D eigenvalue weighted by Gasteiger charge is 2.31. The zero-order valence-corrected chi connectivity index (χ0v) is 10.1. The van der Waals surface area contributed by atoms with Gasteiger partial charge in [0.05, 0.1) is 29.9 Å². The Hall–Kier alpha value is -1.61. The van der Waals surface area contributed by atoms with Crippen LogP contribution in [0, 0.1) is 0 Å². The summed E-state index contributed by atoms with van der Waals surface area (Å²) in [4.78, 5) is 4.20. The Morgan fingerprint density at radius 3 is 2.88 bits per heavy atom. The van der Waals surface area contributed by atoms with Crippen LogP contribution in [0.5, 0.6) is 0 Å². The molecule has 0 bridgehead atoms. The Morgan fingerprint density at radius 2 is 2.12 bits per heavy atom. The van der Waals surface area contributed by atoms with E-state index in [1.54, 1.807) is 0 Å². The van der Waals surface area contributed by atoms with E-state index in [0.717, 1.165) is 5.69 Å². The summed E-state index contributed by atoms with van der Waals surface area (Å²) in [5, 5.41) is 10.0. The summed E-state index contributed by atoms with van der Waals surface area (Å²) < 4.78 is 2.16. The molecule has 88 valence electrons. The van der Waals surface area contributed by atoms with Crippen molar-refractivity contribution in [3.05, 3.63) is 42.4 Å². The lowest BCUT2D eigenvalue weighted by atomic mass is 9.93. The van der Waals surface area contributed by atoms with Gasteiger partial charge in [-0.3, -0.25) is 0 Å². The van der Waals surface area contributed by atoms with Crippen molar-refractivity contribution in [2.45, 2.75) is 31.9 Å². The molecular weight excluding hydrogens is 212 g/mol. The molecule has 3 nitrogen and oxygen atoms in total. The zero-order chi connectivity index (χ0) is 12.0. The SMILES string of the molecule is CC(C)(O)CC1c2ccccc2-c2cncn21. The highest BCUT2D eigenvalue weighted by Crippen LogP contribution is 2.42. The third kappa shape index (κ3) is 1.67. The number of rotatable bonds is 2. The predicted molar refractivity (Wildman–Crippen MR) is 66.7 cm³/mol. The maximum absolute atomic E-state index is 10.0. The van der Waals surface area contributed by atoms with Crippen LogP contribution in [0.2, 0.25) is 0 Å². The van der Waals surface area contributed by atoms with E-state index in [0.29, 0.717) is 6.42 Å². The summed E-state index contributed by atoms with van der Waals surface area (Å²) in [7, 11) is 0. The second kappa shape index (κ2) is 3.44. The third-order valence-electron chi connectivity index (χ3n) is 3.29. The van der Waals surface area contributed by atoms with Crippen LogP contribution in [-0.4, -0.2) is 20.3 Å². The molecule has 0 aliphatic carbocycles. The molecule has 2 heterocycles. The lowest BCUT2D eigenvalue weighted by Gasteiger charge is -2.23. The Kier molecular flexibility index (Phi) is 2.13. The first-order chi connectivity index (χ1) is 8.06. The zero-order valence-electron chi connectivity index (χ0n) is 10.1. The topological polar surface area (TPSA) is 38.1 Å². The maximum atomic E-state index is 10.0. The summed E-state index contributed by atoms with van der Waals surface area (Å²) in [5.74, 6) is 0. The van der Waals surface area contributed by atoms with E-state index in [2.05, 4.69) is 27.8 Å². The standard InChI is InChI=1S/C14H16N2O/c1-14(2,17)7-12-10-5-3-4-6-11(10)13-8-15-9-16(12)13/h3-6,8-9,12,17H,7H2,1-2H3. The van der Waals surface area contributed by atoms with Gasteiger partial charge in [-0.25, -0.2) is 4.98 Å². The molecule has 1 aromatic carbocycles. The molecule has 3 rings (SSSR count). The number of benzene rings is 1. The number of nitrogens with zero attached hydrogens (tertiary/aromatic N) is 2. The fraction of sp³-hybridized carbons (Fsp3) is 0.357. The summed E-state index contributed by atoms with van der Waals surface area (Å²) in [5.41, 5.74) is 2.99. The fourth-order valence-electron chi connectivity index (χ4n) is 2.61. The van der Waals surface area contributed by atoms with Gasteiger partial charge in [0.2, 0.25) is 0 Å². The van der Waals surface area contributed by atoms with Crippen molar-refractivity contribution in [3.63, 3.8) is 0 Å². The van der Waals surface area contributed by atoms with Gasteiger partial charge < -0.3 is 9.67 Å².